The van der Waals surface area contributed by atoms with Crippen LogP contribution in [-0.2, 0) is 17.7 Å². The third-order valence-corrected chi connectivity index (χ3v) is 5.51. The van der Waals surface area contributed by atoms with Gasteiger partial charge in [-0.15, -0.1) is 0 Å². The van der Waals surface area contributed by atoms with E-state index in [9.17, 15) is 9.59 Å². The topological polar surface area (TPSA) is 76.5 Å². The Morgan fingerprint density at radius 1 is 1.04 bits per heavy atom. The molecule has 7 nitrogen and oxygen atoms in total. The van der Waals surface area contributed by atoms with Gasteiger partial charge in [0.1, 0.15) is 5.69 Å². The van der Waals surface area contributed by atoms with Crippen LogP contribution in [0.25, 0.3) is 0 Å². The third kappa shape index (κ3) is 3.29. The standard InChI is InChI=1S/C18H26N4O3/c23-17(19-13-5-1-2-6-13)15-14-7-3-4-8-22(14)16(20-15)18(24)21-9-11-25-12-10-21/h13H,1-12H2,(H,19,23). The number of nitrogens with one attached hydrogen (secondary N) is 1. The van der Waals surface area contributed by atoms with Crippen LogP contribution >= 0.6 is 0 Å². The molecular formula is C18H26N4O3. The first kappa shape index (κ1) is 16.6. The van der Waals surface area contributed by atoms with Gasteiger partial charge in [-0.3, -0.25) is 9.59 Å². The molecule has 2 aliphatic heterocycles. The van der Waals surface area contributed by atoms with Gasteiger partial charge in [-0.2, -0.15) is 0 Å². The Balaban J connectivity index is 1.60. The molecule has 1 N–H and O–H groups in total. The van der Waals surface area contributed by atoms with Gasteiger partial charge in [-0.05, 0) is 32.1 Å². The summed E-state index contributed by atoms with van der Waals surface area (Å²) in [6.45, 7) is 3.07. The van der Waals surface area contributed by atoms with Crippen LogP contribution in [0.2, 0.25) is 0 Å². The third-order valence-electron chi connectivity index (χ3n) is 5.51. The first-order valence-corrected chi connectivity index (χ1v) is 9.51. The molecule has 4 rings (SSSR count). The lowest BCUT2D eigenvalue weighted by molar-refractivity contribution is 0.0291. The normalized spacial score (nSPS) is 21.2. The Morgan fingerprint density at radius 2 is 1.80 bits per heavy atom. The average molecular weight is 346 g/mol. The monoisotopic (exact) mass is 346 g/mol. The van der Waals surface area contributed by atoms with E-state index >= 15 is 0 Å². The predicted molar refractivity (Wildman–Crippen MR) is 91.6 cm³/mol. The lowest BCUT2D eigenvalue weighted by atomic mass is 10.1. The first-order chi connectivity index (χ1) is 12.2. The molecule has 2 amide bonds. The number of ether oxygens (including phenoxy) is 1. The van der Waals surface area contributed by atoms with Crippen LogP contribution in [0.5, 0.6) is 0 Å². The van der Waals surface area contributed by atoms with Crippen molar-refractivity contribution in [3.05, 3.63) is 17.2 Å². The Labute approximate surface area is 147 Å². The zero-order valence-electron chi connectivity index (χ0n) is 14.6. The fraction of sp³-hybridized carbons (Fsp3) is 0.722. The maximum absolute atomic E-state index is 12.9. The Bertz CT molecular complexity index is 658. The van der Waals surface area contributed by atoms with Crippen LogP contribution in [0.4, 0.5) is 0 Å². The van der Waals surface area contributed by atoms with Gasteiger partial charge in [0.25, 0.3) is 11.8 Å². The summed E-state index contributed by atoms with van der Waals surface area (Å²) in [5, 5.41) is 3.12. The number of morpholine rings is 1. The molecule has 0 aromatic carbocycles. The number of fused-ring (bicyclic) bond motifs is 1. The maximum Gasteiger partial charge on any atom is 0.290 e. The second kappa shape index (κ2) is 7.15. The zero-order valence-corrected chi connectivity index (χ0v) is 14.6. The fourth-order valence-corrected chi connectivity index (χ4v) is 4.12. The van der Waals surface area contributed by atoms with Crippen molar-refractivity contribution in [3.63, 3.8) is 0 Å². The average Bonchev–Trinajstić information content (AvgIpc) is 3.29. The van der Waals surface area contributed by atoms with Gasteiger partial charge in [0.15, 0.2) is 5.82 Å². The highest BCUT2D eigenvalue weighted by atomic mass is 16.5. The van der Waals surface area contributed by atoms with E-state index in [2.05, 4.69) is 10.3 Å². The number of hydrogen-bond acceptors (Lipinski definition) is 4. The van der Waals surface area contributed by atoms with Gasteiger partial charge >= 0.3 is 0 Å². The van der Waals surface area contributed by atoms with Gasteiger partial charge in [0.05, 0.1) is 18.9 Å². The summed E-state index contributed by atoms with van der Waals surface area (Å²) in [5.74, 6) is 0.234. The van der Waals surface area contributed by atoms with E-state index in [0.29, 0.717) is 37.8 Å². The van der Waals surface area contributed by atoms with Crippen molar-refractivity contribution in [1.82, 2.24) is 19.8 Å². The molecule has 1 aliphatic carbocycles. The van der Waals surface area contributed by atoms with Gasteiger partial charge in [0, 0.05) is 25.7 Å². The van der Waals surface area contributed by atoms with Gasteiger partial charge < -0.3 is 19.5 Å². The summed E-state index contributed by atoms with van der Waals surface area (Å²) in [5.41, 5.74) is 1.39. The fourth-order valence-electron chi connectivity index (χ4n) is 4.12. The van der Waals surface area contributed by atoms with Gasteiger partial charge in [-0.1, -0.05) is 12.8 Å². The number of carbonyl (C=O) groups is 2. The van der Waals surface area contributed by atoms with Crippen molar-refractivity contribution in [2.45, 2.75) is 57.5 Å². The number of rotatable bonds is 3. The Morgan fingerprint density at radius 3 is 2.56 bits per heavy atom. The second-order valence-electron chi connectivity index (χ2n) is 7.20. The minimum absolute atomic E-state index is 0.0774. The smallest absolute Gasteiger partial charge is 0.290 e. The number of aromatic nitrogens is 2. The van der Waals surface area contributed by atoms with Crippen LogP contribution < -0.4 is 5.32 Å². The highest BCUT2D eigenvalue weighted by molar-refractivity contribution is 5.97. The minimum atomic E-state index is -0.112. The molecule has 1 aromatic rings. The number of nitrogens with zero attached hydrogens (tertiary/aromatic N) is 3. The van der Waals surface area contributed by atoms with Gasteiger partial charge in [0.2, 0.25) is 0 Å². The summed E-state index contributed by atoms with van der Waals surface area (Å²) in [6, 6.07) is 0.256. The van der Waals surface area contributed by atoms with E-state index in [1.165, 1.54) is 12.8 Å². The highest BCUT2D eigenvalue weighted by Gasteiger charge is 2.31. The van der Waals surface area contributed by atoms with Crippen LogP contribution in [-0.4, -0.2) is 58.6 Å². The van der Waals surface area contributed by atoms with Crippen molar-refractivity contribution in [2.24, 2.45) is 0 Å². The lowest BCUT2D eigenvalue weighted by Crippen LogP contribution is -2.42. The molecule has 2 fully saturated rings. The van der Waals surface area contributed by atoms with E-state index in [1.54, 1.807) is 4.90 Å². The predicted octanol–water partition coefficient (Wildman–Crippen LogP) is 1.36. The van der Waals surface area contributed by atoms with Gasteiger partial charge in [-0.25, -0.2) is 4.98 Å². The molecule has 0 bridgehead atoms. The highest BCUT2D eigenvalue weighted by Crippen LogP contribution is 2.24. The van der Waals surface area contributed by atoms with Crippen molar-refractivity contribution >= 4 is 11.8 Å². The number of amides is 2. The van der Waals surface area contributed by atoms with E-state index in [1.807, 2.05) is 4.57 Å². The maximum atomic E-state index is 12.9. The molecule has 3 heterocycles. The van der Waals surface area contributed by atoms with E-state index in [4.69, 9.17) is 4.74 Å². The van der Waals surface area contributed by atoms with E-state index in [0.717, 1.165) is 44.3 Å². The minimum Gasteiger partial charge on any atom is -0.378 e. The second-order valence-corrected chi connectivity index (χ2v) is 7.20. The summed E-state index contributed by atoms with van der Waals surface area (Å²) in [6.07, 6.45) is 7.32. The molecule has 0 spiro atoms. The number of carbonyl (C=O) groups excluding carboxylic acids is 2. The van der Waals surface area contributed by atoms with Crippen molar-refractivity contribution in [3.8, 4) is 0 Å². The van der Waals surface area contributed by atoms with Crippen LogP contribution in [0, 0.1) is 0 Å². The molecule has 25 heavy (non-hydrogen) atoms. The van der Waals surface area contributed by atoms with Crippen molar-refractivity contribution in [2.75, 3.05) is 26.3 Å². The Hall–Kier alpha value is -1.89. The summed E-state index contributed by atoms with van der Waals surface area (Å²) >= 11 is 0. The summed E-state index contributed by atoms with van der Waals surface area (Å²) in [7, 11) is 0. The van der Waals surface area contributed by atoms with E-state index < -0.39 is 0 Å². The summed E-state index contributed by atoms with van der Waals surface area (Å²) in [4.78, 5) is 32.0. The molecule has 3 aliphatic rings. The zero-order chi connectivity index (χ0) is 17.2. The molecule has 0 unspecified atom stereocenters. The SMILES string of the molecule is O=C(NC1CCCC1)c1nc(C(=O)N2CCOCC2)n2c1CCCC2. The molecule has 0 atom stereocenters. The van der Waals surface area contributed by atoms with Crippen LogP contribution in [0.1, 0.15) is 65.3 Å². The van der Waals surface area contributed by atoms with Crippen LogP contribution in [0.3, 0.4) is 0 Å². The Kier molecular flexibility index (Phi) is 4.74. The number of hydrogen-bond donors (Lipinski definition) is 1. The quantitative estimate of drug-likeness (QED) is 0.897. The molecule has 1 aromatic heterocycles. The van der Waals surface area contributed by atoms with Crippen molar-refractivity contribution in [1.29, 1.82) is 0 Å². The molecule has 1 saturated heterocycles. The van der Waals surface area contributed by atoms with E-state index in [-0.39, 0.29) is 17.9 Å². The molecular weight excluding hydrogens is 320 g/mol. The summed E-state index contributed by atoms with van der Waals surface area (Å²) < 4.78 is 7.31. The van der Waals surface area contributed by atoms with Crippen molar-refractivity contribution < 1.29 is 14.3 Å². The lowest BCUT2D eigenvalue weighted by Gasteiger charge is -2.27. The molecule has 136 valence electrons. The molecule has 7 heteroatoms. The van der Waals surface area contributed by atoms with Crippen LogP contribution in [0.15, 0.2) is 0 Å². The first-order valence-electron chi connectivity index (χ1n) is 9.51. The molecule has 1 saturated carbocycles. The number of imidazole rings is 1. The molecule has 0 radical (unpaired) electrons. The largest absolute Gasteiger partial charge is 0.378 e.